The second-order valence-electron chi connectivity index (χ2n) is 3.84. The summed E-state index contributed by atoms with van der Waals surface area (Å²) in [5.74, 6) is -0.892. The van der Waals surface area contributed by atoms with E-state index in [-0.39, 0.29) is 0 Å². The van der Waals surface area contributed by atoms with Gasteiger partial charge in [0, 0.05) is 13.4 Å². The van der Waals surface area contributed by atoms with Gasteiger partial charge in [-0.2, -0.15) is 0 Å². The minimum absolute atomic E-state index is 0.318. The van der Waals surface area contributed by atoms with Crippen LogP contribution in [0.1, 0.15) is 15.9 Å². The third-order valence-corrected chi connectivity index (χ3v) is 4.32. The van der Waals surface area contributed by atoms with Crippen molar-refractivity contribution in [3.05, 3.63) is 57.2 Å². The van der Waals surface area contributed by atoms with Crippen LogP contribution in [0.25, 0.3) is 0 Å². The standard InChI is InChI=1S/C14H11IO2S/c1-9-8-11(15)4-7-13(9)18-12-5-2-10(3-6-12)14(16)17/h2-8H,1H3,(H,16,17). The van der Waals surface area contributed by atoms with E-state index >= 15 is 0 Å². The molecule has 0 amide bonds. The Morgan fingerprint density at radius 2 is 1.83 bits per heavy atom. The van der Waals surface area contributed by atoms with E-state index in [2.05, 4.69) is 47.7 Å². The molecule has 92 valence electrons. The van der Waals surface area contributed by atoms with Crippen LogP contribution >= 0.6 is 34.4 Å². The number of carboxylic acid groups (broad SMARTS) is 1. The average molecular weight is 370 g/mol. The van der Waals surface area contributed by atoms with Crippen molar-refractivity contribution in [1.82, 2.24) is 0 Å². The minimum Gasteiger partial charge on any atom is -0.478 e. The van der Waals surface area contributed by atoms with Gasteiger partial charge in [-0.3, -0.25) is 0 Å². The molecule has 0 bridgehead atoms. The van der Waals surface area contributed by atoms with Crippen LogP contribution in [0.3, 0.4) is 0 Å². The fraction of sp³-hybridized carbons (Fsp3) is 0.0714. The van der Waals surface area contributed by atoms with Crippen molar-refractivity contribution < 1.29 is 9.90 Å². The number of rotatable bonds is 3. The largest absolute Gasteiger partial charge is 0.478 e. The lowest BCUT2D eigenvalue weighted by Gasteiger charge is -2.06. The summed E-state index contributed by atoms with van der Waals surface area (Å²) in [7, 11) is 0. The molecule has 0 unspecified atom stereocenters. The molecular weight excluding hydrogens is 359 g/mol. The van der Waals surface area contributed by atoms with Gasteiger partial charge in [0.25, 0.3) is 0 Å². The van der Waals surface area contributed by atoms with E-state index in [1.165, 1.54) is 14.0 Å². The lowest BCUT2D eigenvalue weighted by molar-refractivity contribution is 0.0697. The van der Waals surface area contributed by atoms with E-state index in [0.717, 1.165) is 4.90 Å². The van der Waals surface area contributed by atoms with Crippen LogP contribution in [0.5, 0.6) is 0 Å². The zero-order chi connectivity index (χ0) is 13.1. The smallest absolute Gasteiger partial charge is 0.335 e. The first kappa shape index (κ1) is 13.4. The van der Waals surface area contributed by atoms with E-state index < -0.39 is 5.97 Å². The van der Waals surface area contributed by atoms with E-state index in [0.29, 0.717) is 5.56 Å². The van der Waals surface area contributed by atoms with Crippen LogP contribution in [-0.4, -0.2) is 11.1 Å². The predicted molar refractivity (Wildman–Crippen MR) is 81.4 cm³/mol. The highest BCUT2D eigenvalue weighted by Crippen LogP contribution is 2.31. The quantitative estimate of drug-likeness (QED) is 0.812. The Morgan fingerprint density at radius 3 is 2.39 bits per heavy atom. The molecule has 0 aliphatic carbocycles. The molecule has 0 saturated heterocycles. The Bertz CT molecular complexity index is 579. The van der Waals surface area contributed by atoms with Crippen molar-refractivity contribution in [2.45, 2.75) is 16.7 Å². The van der Waals surface area contributed by atoms with Gasteiger partial charge >= 0.3 is 5.97 Å². The molecule has 0 atom stereocenters. The molecular formula is C14H11IO2S. The van der Waals surface area contributed by atoms with Gasteiger partial charge in [-0.15, -0.1) is 0 Å². The highest BCUT2D eigenvalue weighted by molar-refractivity contribution is 14.1. The van der Waals surface area contributed by atoms with E-state index in [9.17, 15) is 4.79 Å². The Morgan fingerprint density at radius 1 is 1.17 bits per heavy atom. The number of benzene rings is 2. The molecule has 4 heteroatoms. The third kappa shape index (κ3) is 3.26. The predicted octanol–water partition coefficient (Wildman–Crippen LogP) is 4.45. The highest BCUT2D eigenvalue weighted by Gasteiger charge is 2.04. The molecule has 2 aromatic rings. The number of carboxylic acids is 1. The van der Waals surface area contributed by atoms with E-state index in [4.69, 9.17) is 5.11 Å². The van der Waals surface area contributed by atoms with Crippen molar-refractivity contribution in [3.8, 4) is 0 Å². The second-order valence-corrected chi connectivity index (χ2v) is 6.20. The summed E-state index contributed by atoms with van der Waals surface area (Å²) in [6.45, 7) is 2.08. The van der Waals surface area contributed by atoms with Crippen molar-refractivity contribution in [1.29, 1.82) is 0 Å². The fourth-order valence-corrected chi connectivity index (χ4v) is 3.05. The molecule has 2 rings (SSSR count). The molecule has 1 N–H and O–H groups in total. The van der Waals surface area contributed by atoms with E-state index in [1.807, 2.05) is 12.1 Å². The third-order valence-electron chi connectivity index (χ3n) is 2.47. The summed E-state index contributed by atoms with van der Waals surface area (Å²) in [5, 5.41) is 8.83. The first-order valence-corrected chi connectivity index (χ1v) is 7.23. The maximum Gasteiger partial charge on any atom is 0.335 e. The number of hydrogen-bond acceptors (Lipinski definition) is 2. The zero-order valence-corrected chi connectivity index (χ0v) is 12.7. The number of hydrogen-bond donors (Lipinski definition) is 1. The molecule has 0 fully saturated rings. The van der Waals surface area contributed by atoms with E-state index in [1.54, 1.807) is 23.9 Å². The number of aromatic carboxylic acids is 1. The number of carbonyl (C=O) groups is 1. The zero-order valence-electron chi connectivity index (χ0n) is 9.68. The van der Waals surface area contributed by atoms with Crippen LogP contribution in [-0.2, 0) is 0 Å². The molecule has 0 aromatic heterocycles. The van der Waals surface area contributed by atoms with Crippen LogP contribution in [0.4, 0.5) is 0 Å². The first-order valence-electron chi connectivity index (χ1n) is 5.33. The molecule has 18 heavy (non-hydrogen) atoms. The number of aryl methyl sites for hydroxylation is 1. The van der Waals surface area contributed by atoms with Crippen LogP contribution in [0.15, 0.2) is 52.3 Å². The van der Waals surface area contributed by atoms with Crippen molar-refractivity contribution >= 4 is 40.3 Å². The minimum atomic E-state index is -0.892. The monoisotopic (exact) mass is 370 g/mol. The summed E-state index contributed by atoms with van der Waals surface area (Å²) < 4.78 is 1.22. The molecule has 2 nitrogen and oxygen atoms in total. The summed E-state index contributed by atoms with van der Waals surface area (Å²) in [6.07, 6.45) is 0. The Hall–Kier alpha value is -1.01. The van der Waals surface area contributed by atoms with Gasteiger partial charge in [0.1, 0.15) is 0 Å². The van der Waals surface area contributed by atoms with Gasteiger partial charge in [0.2, 0.25) is 0 Å². The molecule has 0 radical (unpaired) electrons. The summed E-state index contributed by atoms with van der Waals surface area (Å²) >= 11 is 3.94. The normalized spacial score (nSPS) is 10.3. The topological polar surface area (TPSA) is 37.3 Å². The van der Waals surface area contributed by atoms with Crippen molar-refractivity contribution in [2.24, 2.45) is 0 Å². The summed E-state index contributed by atoms with van der Waals surface area (Å²) in [5.41, 5.74) is 1.55. The SMILES string of the molecule is Cc1cc(I)ccc1Sc1ccc(C(=O)O)cc1. The van der Waals surface area contributed by atoms with Gasteiger partial charge in [-0.1, -0.05) is 11.8 Å². The van der Waals surface area contributed by atoms with Crippen molar-refractivity contribution in [2.75, 3.05) is 0 Å². The summed E-state index contributed by atoms with van der Waals surface area (Å²) in [4.78, 5) is 13.0. The highest BCUT2D eigenvalue weighted by atomic mass is 127. The van der Waals surface area contributed by atoms with Crippen LogP contribution in [0, 0.1) is 10.5 Å². The lowest BCUT2D eigenvalue weighted by Crippen LogP contribution is -1.94. The Kier molecular flexibility index (Phi) is 4.29. The average Bonchev–Trinajstić information content (AvgIpc) is 2.33. The molecule has 2 aromatic carbocycles. The van der Waals surface area contributed by atoms with Crippen molar-refractivity contribution in [3.63, 3.8) is 0 Å². The Balaban J connectivity index is 2.21. The number of halogens is 1. The second kappa shape index (κ2) is 5.75. The van der Waals surface area contributed by atoms with Crippen LogP contribution < -0.4 is 0 Å². The van der Waals surface area contributed by atoms with Crippen LogP contribution in [0.2, 0.25) is 0 Å². The first-order chi connectivity index (χ1) is 8.56. The van der Waals surface area contributed by atoms with Gasteiger partial charge in [0.05, 0.1) is 5.56 Å². The fourth-order valence-electron chi connectivity index (χ4n) is 1.52. The van der Waals surface area contributed by atoms with Gasteiger partial charge in [-0.05, 0) is 77.5 Å². The maximum atomic E-state index is 10.8. The lowest BCUT2D eigenvalue weighted by atomic mass is 10.2. The van der Waals surface area contributed by atoms with Gasteiger partial charge in [-0.25, -0.2) is 4.79 Å². The molecule has 0 saturated carbocycles. The molecule has 0 spiro atoms. The van der Waals surface area contributed by atoms with Gasteiger partial charge in [0.15, 0.2) is 0 Å². The molecule has 0 aliphatic heterocycles. The molecule has 0 heterocycles. The maximum absolute atomic E-state index is 10.8. The molecule has 0 aliphatic rings. The summed E-state index contributed by atoms with van der Waals surface area (Å²) in [6, 6.07) is 13.2. The van der Waals surface area contributed by atoms with Gasteiger partial charge < -0.3 is 5.11 Å². The Labute approximate surface area is 124 Å².